The van der Waals surface area contributed by atoms with Crippen molar-refractivity contribution in [3.8, 4) is 17.0 Å². The summed E-state index contributed by atoms with van der Waals surface area (Å²) in [7, 11) is 0. The molecule has 1 aromatic carbocycles. The number of carbonyl (C=O) groups excluding carboxylic acids is 1. The molecule has 0 aliphatic carbocycles. The molecule has 1 aliphatic rings. The number of phenols is 1. The average molecular weight is 477 g/mol. The van der Waals surface area contributed by atoms with Gasteiger partial charge in [0.1, 0.15) is 11.3 Å². The number of amides is 1. The molecule has 34 heavy (non-hydrogen) atoms. The lowest BCUT2D eigenvalue weighted by Crippen LogP contribution is -2.45. The summed E-state index contributed by atoms with van der Waals surface area (Å²) in [5, 5.41) is 25.4. The van der Waals surface area contributed by atoms with E-state index in [2.05, 4.69) is 15.1 Å². The third kappa shape index (κ3) is 4.20. The standard InChI is InChI=1S/C23H26F3N5O3/c1-11(2)30-10-15(5-6-18(30)34)31-21(13(4)32)20-22(29-31)28-16(9-27-20)19-12(3)7-14(8-17(19)33)23(24,25)26/h7-9,11,13,15,32-33H,5-6,10H2,1-4H3/t13-,15-/m0/s1. The molecule has 11 heteroatoms. The lowest BCUT2D eigenvalue weighted by Gasteiger charge is -2.36. The first-order valence-electron chi connectivity index (χ1n) is 11.0. The zero-order chi connectivity index (χ0) is 24.9. The number of aliphatic hydroxyl groups excluding tert-OH is 1. The number of alkyl halides is 3. The maximum Gasteiger partial charge on any atom is 0.416 e. The molecule has 8 nitrogen and oxygen atoms in total. The Balaban J connectivity index is 1.80. The summed E-state index contributed by atoms with van der Waals surface area (Å²) in [6.07, 6.45) is -3.27. The van der Waals surface area contributed by atoms with Crippen LogP contribution in [0.1, 0.15) is 62.6 Å². The minimum atomic E-state index is -4.59. The number of aliphatic hydroxyl groups is 1. The number of rotatable bonds is 4. The molecular formula is C23H26F3N5O3. The predicted octanol–water partition coefficient (Wildman–Crippen LogP) is 4.15. The number of aryl methyl sites for hydroxylation is 1. The van der Waals surface area contributed by atoms with Crippen LogP contribution in [0.3, 0.4) is 0 Å². The van der Waals surface area contributed by atoms with E-state index in [1.165, 1.54) is 13.1 Å². The maximum atomic E-state index is 13.1. The Morgan fingerprint density at radius 3 is 2.50 bits per heavy atom. The number of aromatic nitrogens is 4. The van der Waals surface area contributed by atoms with E-state index in [1.54, 1.807) is 16.5 Å². The van der Waals surface area contributed by atoms with E-state index in [0.29, 0.717) is 36.7 Å². The van der Waals surface area contributed by atoms with Crippen LogP contribution in [0.4, 0.5) is 13.2 Å². The molecule has 0 saturated carbocycles. The smallest absolute Gasteiger partial charge is 0.416 e. The van der Waals surface area contributed by atoms with E-state index in [9.17, 15) is 28.2 Å². The number of nitrogens with zero attached hydrogens (tertiary/aromatic N) is 5. The maximum absolute atomic E-state index is 13.1. The molecule has 2 N–H and O–H groups in total. The number of aromatic hydroxyl groups is 1. The second-order valence-corrected chi connectivity index (χ2v) is 8.95. The molecule has 0 spiro atoms. The molecule has 3 aromatic rings. The van der Waals surface area contributed by atoms with Crippen molar-refractivity contribution in [2.24, 2.45) is 0 Å². The molecule has 1 aliphatic heterocycles. The summed E-state index contributed by atoms with van der Waals surface area (Å²) in [5.74, 6) is -0.497. The van der Waals surface area contributed by atoms with Crippen LogP contribution >= 0.6 is 0 Å². The SMILES string of the molecule is Cc1cc(C(F)(F)F)cc(O)c1-c1cnc2c([C@H](C)O)n([C@H]3CCC(=O)N(C(C)C)C3)nc2n1. The van der Waals surface area contributed by atoms with Crippen LogP contribution in [0.2, 0.25) is 0 Å². The molecule has 0 radical (unpaired) electrons. The number of phenolic OH excluding ortho intramolecular Hbond substituents is 1. The molecule has 4 rings (SSSR count). The number of fused-ring (bicyclic) bond motifs is 1. The summed E-state index contributed by atoms with van der Waals surface area (Å²) < 4.78 is 40.9. The lowest BCUT2D eigenvalue weighted by molar-refractivity contribution is -0.138. The highest BCUT2D eigenvalue weighted by Gasteiger charge is 2.34. The molecular weight excluding hydrogens is 451 g/mol. The van der Waals surface area contributed by atoms with Crippen molar-refractivity contribution >= 4 is 17.1 Å². The van der Waals surface area contributed by atoms with Gasteiger partial charge in [-0.05, 0) is 51.8 Å². The largest absolute Gasteiger partial charge is 0.507 e. The van der Waals surface area contributed by atoms with Crippen LogP contribution in [0.5, 0.6) is 5.75 Å². The van der Waals surface area contributed by atoms with E-state index < -0.39 is 23.6 Å². The Morgan fingerprint density at radius 1 is 1.21 bits per heavy atom. The first-order chi connectivity index (χ1) is 15.9. The zero-order valence-corrected chi connectivity index (χ0v) is 19.3. The molecule has 1 fully saturated rings. The molecule has 2 atom stereocenters. The van der Waals surface area contributed by atoms with Gasteiger partial charge in [0.25, 0.3) is 0 Å². The Morgan fingerprint density at radius 2 is 1.91 bits per heavy atom. The summed E-state index contributed by atoms with van der Waals surface area (Å²) in [6.45, 7) is 7.33. The Bertz CT molecular complexity index is 1230. The van der Waals surface area contributed by atoms with Gasteiger partial charge in [-0.25, -0.2) is 9.97 Å². The zero-order valence-electron chi connectivity index (χ0n) is 19.3. The third-order valence-electron chi connectivity index (χ3n) is 6.13. The number of halogens is 3. The van der Waals surface area contributed by atoms with Gasteiger partial charge in [0, 0.05) is 24.6 Å². The van der Waals surface area contributed by atoms with Crippen LogP contribution in [0.25, 0.3) is 22.4 Å². The predicted molar refractivity (Wildman–Crippen MR) is 118 cm³/mol. The van der Waals surface area contributed by atoms with E-state index in [-0.39, 0.29) is 40.5 Å². The van der Waals surface area contributed by atoms with Gasteiger partial charge in [0.2, 0.25) is 11.6 Å². The number of hydrogen-bond acceptors (Lipinski definition) is 6. The number of carbonyl (C=O) groups is 1. The van der Waals surface area contributed by atoms with Crippen molar-refractivity contribution in [3.63, 3.8) is 0 Å². The second kappa shape index (κ2) is 8.53. The highest BCUT2D eigenvalue weighted by atomic mass is 19.4. The van der Waals surface area contributed by atoms with E-state index in [4.69, 9.17) is 0 Å². The number of hydrogen-bond donors (Lipinski definition) is 2. The van der Waals surface area contributed by atoms with Crippen LogP contribution in [0, 0.1) is 6.92 Å². The first kappa shape index (κ1) is 23.9. The van der Waals surface area contributed by atoms with Gasteiger partial charge < -0.3 is 15.1 Å². The van der Waals surface area contributed by atoms with E-state index in [0.717, 1.165) is 6.07 Å². The molecule has 0 unspecified atom stereocenters. The summed E-state index contributed by atoms with van der Waals surface area (Å²) >= 11 is 0. The fourth-order valence-electron chi connectivity index (χ4n) is 4.50. The second-order valence-electron chi connectivity index (χ2n) is 8.95. The van der Waals surface area contributed by atoms with Gasteiger partial charge in [0.15, 0.2) is 0 Å². The van der Waals surface area contributed by atoms with Crippen molar-refractivity contribution in [2.45, 2.75) is 64.9 Å². The van der Waals surface area contributed by atoms with Gasteiger partial charge in [-0.15, -0.1) is 5.10 Å². The van der Waals surface area contributed by atoms with E-state index >= 15 is 0 Å². The van der Waals surface area contributed by atoms with Crippen molar-refractivity contribution in [1.82, 2.24) is 24.6 Å². The van der Waals surface area contributed by atoms with Crippen molar-refractivity contribution < 1.29 is 28.2 Å². The summed E-state index contributed by atoms with van der Waals surface area (Å²) in [5.41, 5.74) is 0.531. The van der Waals surface area contributed by atoms with Gasteiger partial charge >= 0.3 is 6.18 Å². The first-order valence-corrected chi connectivity index (χ1v) is 11.0. The minimum absolute atomic E-state index is 0.0174. The molecule has 1 saturated heterocycles. The molecule has 182 valence electrons. The molecule has 3 heterocycles. The topological polar surface area (TPSA) is 104 Å². The fourth-order valence-corrected chi connectivity index (χ4v) is 4.50. The Labute approximate surface area is 194 Å². The fraction of sp³-hybridized carbons (Fsp3) is 0.478. The van der Waals surface area contributed by atoms with E-state index in [1.807, 2.05) is 13.8 Å². The quantitative estimate of drug-likeness (QED) is 0.585. The third-order valence-corrected chi connectivity index (χ3v) is 6.13. The molecule has 0 bridgehead atoms. The van der Waals surface area contributed by atoms with Gasteiger partial charge in [0.05, 0.1) is 35.3 Å². The van der Waals surface area contributed by atoms with Crippen LogP contribution in [-0.2, 0) is 11.0 Å². The minimum Gasteiger partial charge on any atom is -0.507 e. The van der Waals surface area contributed by atoms with Crippen molar-refractivity contribution in [3.05, 3.63) is 35.2 Å². The lowest BCUT2D eigenvalue weighted by atomic mass is 10.0. The number of benzene rings is 1. The van der Waals surface area contributed by atoms with Gasteiger partial charge in [-0.3, -0.25) is 9.48 Å². The molecule has 1 amide bonds. The van der Waals surface area contributed by atoms with Crippen molar-refractivity contribution in [2.75, 3.05) is 6.54 Å². The van der Waals surface area contributed by atoms with Gasteiger partial charge in [-0.2, -0.15) is 13.2 Å². The average Bonchev–Trinajstić information content (AvgIpc) is 3.11. The Hall–Kier alpha value is -3.21. The monoisotopic (exact) mass is 477 g/mol. The number of likely N-dealkylation sites (tertiary alicyclic amines) is 1. The highest BCUT2D eigenvalue weighted by Crippen LogP contribution is 2.39. The van der Waals surface area contributed by atoms with Crippen LogP contribution < -0.4 is 0 Å². The molecule has 2 aromatic heterocycles. The van der Waals surface area contributed by atoms with Crippen LogP contribution in [-0.4, -0.2) is 53.4 Å². The summed E-state index contributed by atoms with van der Waals surface area (Å²) in [6, 6.07) is 1.43. The summed E-state index contributed by atoms with van der Waals surface area (Å²) in [4.78, 5) is 22.9. The van der Waals surface area contributed by atoms with Crippen LogP contribution in [0.15, 0.2) is 18.3 Å². The van der Waals surface area contributed by atoms with Gasteiger partial charge in [-0.1, -0.05) is 0 Å². The Kier molecular flexibility index (Phi) is 6.01. The number of piperidine rings is 1. The van der Waals surface area contributed by atoms with Crippen molar-refractivity contribution in [1.29, 1.82) is 0 Å². The highest BCUT2D eigenvalue weighted by molar-refractivity contribution is 5.80. The normalized spacial score (nSPS) is 18.2.